The van der Waals surface area contributed by atoms with Crippen molar-refractivity contribution in [2.24, 2.45) is 11.8 Å². The molecule has 0 aromatic carbocycles. The van der Waals surface area contributed by atoms with Gasteiger partial charge in [-0.15, -0.1) is 0 Å². The average Bonchev–Trinajstić information content (AvgIpc) is 3.31. The van der Waals surface area contributed by atoms with Crippen LogP contribution in [0.25, 0.3) is 0 Å². The van der Waals surface area contributed by atoms with Gasteiger partial charge >= 0.3 is 6.03 Å². The number of nitrogens with zero attached hydrogens (tertiary/aromatic N) is 1. The molecular weight excluding hydrogens is 244 g/mol. The highest BCUT2D eigenvalue weighted by atomic mass is 16.5. The lowest BCUT2D eigenvalue weighted by Gasteiger charge is -2.36. The topological polar surface area (TPSA) is 50.8 Å². The molecule has 0 spiro atoms. The first-order valence-corrected chi connectivity index (χ1v) is 7.43. The second-order valence-corrected chi connectivity index (χ2v) is 6.02. The van der Waals surface area contributed by atoms with Crippen LogP contribution in [0, 0.1) is 11.8 Å². The van der Waals surface area contributed by atoms with Gasteiger partial charge in [0.25, 0.3) is 0 Å². The normalized spacial score (nSPS) is 29.1. The lowest BCUT2D eigenvalue weighted by Crippen LogP contribution is -2.56. The molecule has 0 aromatic rings. The van der Waals surface area contributed by atoms with E-state index in [4.69, 9.17) is 9.47 Å². The summed E-state index contributed by atoms with van der Waals surface area (Å²) in [6.45, 7) is 2.71. The smallest absolute Gasteiger partial charge is 0.318 e. The fraction of sp³-hybridized carbons (Fsp3) is 0.929. The first kappa shape index (κ1) is 13.2. The van der Waals surface area contributed by atoms with E-state index in [1.165, 1.54) is 25.7 Å². The van der Waals surface area contributed by atoms with Crippen molar-refractivity contribution in [3.05, 3.63) is 0 Å². The SMILES string of the molecule is COCC(NC(=O)N1CCOCC1C1CC1)C1CC1. The number of morpholine rings is 1. The van der Waals surface area contributed by atoms with Gasteiger partial charge < -0.3 is 19.7 Å². The number of hydrogen-bond donors (Lipinski definition) is 1. The summed E-state index contributed by atoms with van der Waals surface area (Å²) in [5.74, 6) is 1.28. The second-order valence-electron chi connectivity index (χ2n) is 6.02. The van der Waals surface area contributed by atoms with Crippen LogP contribution >= 0.6 is 0 Å². The Kier molecular flexibility index (Phi) is 3.93. The molecule has 108 valence electrons. The first-order chi connectivity index (χ1) is 9.29. The van der Waals surface area contributed by atoms with E-state index in [1.807, 2.05) is 4.90 Å². The van der Waals surface area contributed by atoms with E-state index in [1.54, 1.807) is 7.11 Å². The molecule has 3 aliphatic rings. The molecule has 1 saturated heterocycles. The molecule has 2 aliphatic carbocycles. The van der Waals surface area contributed by atoms with Crippen LogP contribution in [0.15, 0.2) is 0 Å². The van der Waals surface area contributed by atoms with Crippen molar-refractivity contribution in [1.29, 1.82) is 0 Å². The molecule has 5 nitrogen and oxygen atoms in total. The van der Waals surface area contributed by atoms with Crippen molar-refractivity contribution >= 4 is 6.03 Å². The van der Waals surface area contributed by atoms with E-state index in [-0.39, 0.29) is 18.1 Å². The Balaban J connectivity index is 1.57. The van der Waals surface area contributed by atoms with Crippen LogP contribution < -0.4 is 5.32 Å². The standard InChI is InChI=1S/C14H24N2O3/c1-18-8-12(10-2-3-10)15-14(17)16-6-7-19-9-13(16)11-4-5-11/h10-13H,2-9H2,1H3,(H,15,17). The summed E-state index contributed by atoms with van der Waals surface area (Å²) in [5, 5.41) is 3.17. The lowest BCUT2D eigenvalue weighted by atomic mass is 10.1. The molecule has 2 atom stereocenters. The molecule has 0 radical (unpaired) electrons. The van der Waals surface area contributed by atoms with Crippen LogP contribution in [0.1, 0.15) is 25.7 Å². The number of ether oxygens (including phenoxy) is 2. The lowest BCUT2D eigenvalue weighted by molar-refractivity contribution is 0.00325. The molecule has 1 N–H and O–H groups in total. The minimum atomic E-state index is 0.0779. The van der Waals surface area contributed by atoms with Gasteiger partial charge in [-0.05, 0) is 37.5 Å². The highest BCUT2D eigenvalue weighted by molar-refractivity contribution is 5.75. The maximum Gasteiger partial charge on any atom is 0.318 e. The van der Waals surface area contributed by atoms with Gasteiger partial charge in [-0.3, -0.25) is 0 Å². The minimum Gasteiger partial charge on any atom is -0.383 e. The van der Waals surface area contributed by atoms with Gasteiger partial charge in [0, 0.05) is 13.7 Å². The molecule has 3 fully saturated rings. The Morgan fingerprint density at radius 3 is 2.84 bits per heavy atom. The van der Waals surface area contributed by atoms with Gasteiger partial charge in [0.15, 0.2) is 0 Å². The quantitative estimate of drug-likeness (QED) is 0.816. The highest BCUT2D eigenvalue weighted by Crippen LogP contribution is 2.37. The maximum absolute atomic E-state index is 12.5. The highest BCUT2D eigenvalue weighted by Gasteiger charge is 2.40. The van der Waals surface area contributed by atoms with Crippen molar-refractivity contribution < 1.29 is 14.3 Å². The summed E-state index contributed by atoms with van der Waals surface area (Å²) in [6, 6.07) is 0.547. The summed E-state index contributed by atoms with van der Waals surface area (Å²) in [6.07, 6.45) is 4.90. The molecule has 19 heavy (non-hydrogen) atoms. The van der Waals surface area contributed by atoms with E-state index >= 15 is 0 Å². The Labute approximate surface area is 114 Å². The summed E-state index contributed by atoms with van der Waals surface area (Å²) in [4.78, 5) is 14.5. The predicted octanol–water partition coefficient (Wildman–Crippen LogP) is 1.23. The molecule has 2 amide bonds. The molecule has 2 saturated carbocycles. The molecule has 5 heteroatoms. The van der Waals surface area contributed by atoms with Crippen molar-refractivity contribution in [1.82, 2.24) is 10.2 Å². The largest absolute Gasteiger partial charge is 0.383 e. The first-order valence-electron chi connectivity index (χ1n) is 7.43. The third kappa shape index (κ3) is 3.20. The molecule has 0 bridgehead atoms. The number of hydrogen-bond acceptors (Lipinski definition) is 3. The zero-order valence-electron chi connectivity index (χ0n) is 11.6. The van der Waals surface area contributed by atoms with Crippen LogP contribution in [-0.4, -0.2) is 56.5 Å². The van der Waals surface area contributed by atoms with Gasteiger partial charge in [0.1, 0.15) is 0 Å². The monoisotopic (exact) mass is 268 g/mol. The third-order valence-electron chi connectivity index (χ3n) is 4.44. The van der Waals surface area contributed by atoms with Crippen molar-refractivity contribution in [2.75, 3.05) is 33.5 Å². The van der Waals surface area contributed by atoms with Crippen LogP contribution in [0.3, 0.4) is 0 Å². The van der Waals surface area contributed by atoms with Crippen LogP contribution in [0.4, 0.5) is 4.79 Å². The average molecular weight is 268 g/mol. The zero-order chi connectivity index (χ0) is 13.2. The molecule has 1 aliphatic heterocycles. The van der Waals surface area contributed by atoms with E-state index in [0.717, 1.165) is 6.54 Å². The molecular formula is C14H24N2O3. The Bertz CT molecular complexity index is 329. The summed E-state index contributed by atoms with van der Waals surface area (Å²) >= 11 is 0. The van der Waals surface area contributed by atoms with Gasteiger partial charge in [-0.25, -0.2) is 4.79 Å². The van der Waals surface area contributed by atoms with E-state index in [9.17, 15) is 4.79 Å². The summed E-state index contributed by atoms with van der Waals surface area (Å²) in [7, 11) is 1.70. The molecule has 0 aromatic heterocycles. The predicted molar refractivity (Wildman–Crippen MR) is 71.0 cm³/mol. The van der Waals surface area contributed by atoms with Crippen LogP contribution in [0.5, 0.6) is 0 Å². The molecule has 1 heterocycles. The van der Waals surface area contributed by atoms with Crippen molar-refractivity contribution in [2.45, 2.75) is 37.8 Å². The summed E-state index contributed by atoms with van der Waals surface area (Å²) in [5.41, 5.74) is 0. The van der Waals surface area contributed by atoms with E-state index in [2.05, 4.69) is 5.32 Å². The van der Waals surface area contributed by atoms with Crippen molar-refractivity contribution in [3.63, 3.8) is 0 Å². The van der Waals surface area contributed by atoms with Gasteiger partial charge in [-0.1, -0.05) is 0 Å². The fourth-order valence-corrected chi connectivity index (χ4v) is 2.96. The maximum atomic E-state index is 12.5. The third-order valence-corrected chi connectivity index (χ3v) is 4.44. The zero-order valence-corrected chi connectivity index (χ0v) is 11.6. The number of amides is 2. The number of nitrogens with one attached hydrogen (secondary N) is 1. The number of rotatable bonds is 5. The number of methoxy groups -OCH3 is 1. The fourth-order valence-electron chi connectivity index (χ4n) is 2.96. The van der Waals surface area contributed by atoms with Gasteiger partial charge in [-0.2, -0.15) is 0 Å². The Morgan fingerprint density at radius 1 is 1.42 bits per heavy atom. The van der Waals surface area contributed by atoms with Crippen molar-refractivity contribution in [3.8, 4) is 0 Å². The number of urea groups is 1. The van der Waals surface area contributed by atoms with Crippen LogP contribution in [0.2, 0.25) is 0 Å². The summed E-state index contributed by atoms with van der Waals surface area (Å²) < 4.78 is 10.8. The number of carbonyl (C=O) groups is 1. The minimum absolute atomic E-state index is 0.0779. The van der Waals surface area contributed by atoms with Crippen LogP contribution in [-0.2, 0) is 9.47 Å². The molecule has 3 rings (SSSR count). The Hall–Kier alpha value is -0.810. The van der Waals surface area contributed by atoms with Gasteiger partial charge in [0.2, 0.25) is 0 Å². The number of carbonyl (C=O) groups excluding carboxylic acids is 1. The van der Waals surface area contributed by atoms with E-state index in [0.29, 0.717) is 31.7 Å². The van der Waals surface area contributed by atoms with Gasteiger partial charge in [0.05, 0.1) is 31.9 Å². The second kappa shape index (κ2) is 5.67. The van der Waals surface area contributed by atoms with E-state index < -0.39 is 0 Å². The Morgan fingerprint density at radius 2 is 2.21 bits per heavy atom. The molecule has 2 unspecified atom stereocenters.